The molecule has 0 radical (unpaired) electrons. The summed E-state index contributed by atoms with van der Waals surface area (Å²) in [7, 11) is 0. The first-order chi connectivity index (χ1) is 8.56. The number of rotatable bonds is 3. The average molecular weight is 240 g/mol. The van der Waals surface area contributed by atoms with Crippen LogP contribution in [-0.2, 0) is 5.54 Å². The lowest BCUT2D eigenvalue weighted by atomic mass is 10.00. The molecule has 0 spiro atoms. The van der Waals surface area contributed by atoms with E-state index in [-0.39, 0.29) is 0 Å². The second kappa shape index (κ2) is 4.63. The molecule has 0 bridgehead atoms. The predicted octanol–water partition coefficient (Wildman–Crippen LogP) is 2.53. The smallest absolute Gasteiger partial charge is 0.126 e. The van der Waals surface area contributed by atoms with Crippen LogP contribution in [-0.4, -0.2) is 9.97 Å². The molecule has 0 saturated heterocycles. The van der Waals surface area contributed by atoms with Crippen molar-refractivity contribution in [3.8, 4) is 17.3 Å². The molecule has 0 aliphatic heterocycles. The monoisotopic (exact) mass is 240 g/mol. The van der Waals surface area contributed by atoms with Gasteiger partial charge in [0.05, 0.1) is 29.1 Å². The van der Waals surface area contributed by atoms with Crippen molar-refractivity contribution >= 4 is 0 Å². The molecule has 1 aromatic heterocycles. The van der Waals surface area contributed by atoms with Crippen LogP contribution < -0.4 is 5.73 Å². The third-order valence-electron chi connectivity index (χ3n) is 3.15. The summed E-state index contributed by atoms with van der Waals surface area (Å²) in [5, 5.41) is 8.89. The van der Waals surface area contributed by atoms with Crippen LogP contribution in [0, 0.1) is 11.3 Å². The SMILES string of the molecule is CCC(C)(N)c1ncc(-c2cccc(C#N)c2)[nH]1. The van der Waals surface area contributed by atoms with Crippen LogP contribution in [0.15, 0.2) is 30.5 Å². The molecule has 4 nitrogen and oxygen atoms in total. The quantitative estimate of drug-likeness (QED) is 0.865. The Morgan fingerprint density at radius 2 is 2.28 bits per heavy atom. The van der Waals surface area contributed by atoms with E-state index in [1.165, 1.54) is 0 Å². The van der Waals surface area contributed by atoms with Crippen molar-refractivity contribution in [2.45, 2.75) is 25.8 Å². The van der Waals surface area contributed by atoms with Gasteiger partial charge in [0.1, 0.15) is 5.82 Å². The Labute approximate surface area is 106 Å². The lowest BCUT2D eigenvalue weighted by Crippen LogP contribution is -2.33. The van der Waals surface area contributed by atoms with Crippen molar-refractivity contribution < 1.29 is 0 Å². The van der Waals surface area contributed by atoms with Crippen LogP contribution in [0.25, 0.3) is 11.3 Å². The van der Waals surface area contributed by atoms with Gasteiger partial charge in [0, 0.05) is 5.56 Å². The summed E-state index contributed by atoms with van der Waals surface area (Å²) in [6, 6.07) is 9.53. The topological polar surface area (TPSA) is 78.5 Å². The summed E-state index contributed by atoms with van der Waals surface area (Å²) in [6.45, 7) is 3.97. The van der Waals surface area contributed by atoms with E-state index in [1.54, 1.807) is 12.3 Å². The number of hydrogen-bond donors (Lipinski definition) is 2. The van der Waals surface area contributed by atoms with Crippen molar-refractivity contribution in [2.75, 3.05) is 0 Å². The Bertz CT molecular complexity index is 590. The lowest BCUT2D eigenvalue weighted by molar-refractivity contribution is 0.450. The van der Waals surface area contributed by atoms with Crippen molar-refractivity contribution in [2.24, 2.45) is 5.73 Å². The van der Waals surface area contributed by atoms with Crippen LogP contribution in [0.3, 0.4) is 0 Å². The highest BCUT2D eigenvalue weighted by Crippen LogP contribution is 2.23. The zero-order valence-electron chi connectivity index (χ0n) is 10.6. The highest BCUT2D eigenvalue weighted by Gasteiger charge is 2.22. The molecular weight excluding hydrogens is 224 g/mol. The van der Waals surface area contributed by atoms with E-state index in [9.17, 15) is 0 Å². The molecule has 0 aliphatic carbocycles. The number of aromatic amines is 1. The summed E-state index contributed by atoms with van der Waals surface area (Å²) < 4.78 is 0. The van der Waals surface area contributed by atoms with Gasteiger partial charge in [0.15, 0.2) is 0 Å². The number of nitrogens with one attached hydrogen (secondary N) is 1. The molecule has 1 heterocycles. The Morgan fingerprint density at radius 3 is 2.94 bits per heavy atom. The fourth-order valence-electron chi connectivity index (χ4n) is 1.68. The van der Waals surface area contributed by atoms with E-state index >= 15 is 0 Å². The fraction of sp³-hybridized carbons (Fsp3) is 0.286. The number of imidazole rings is 1. The van der Waals surface area contributed by atoms with Crippen molar-refractivity contribution in [1.82, 2.24) is 9.97 Å². The molecule has 1 aromatic carbocycles. The van der Waals surface area contributed by atoms with Gasteiger partial charge in [-0.1, -0.05) is 19.1 Å². The molecule has 0 saturated carbocycles. The van der Waals surface area contributed by atoms with Gasteiger partial charge in [0.2, 0.25) is 0 Å². The molecule has 3 N–H and O–H groups in total. The van der Waals surface area contributed by atoms with Gasteiger partial charge in [-0.05, 0) is 25.5 Å². The minimum atomic E-state index is -0.453. The van der Waals surface area contributed by atoms with Gasteiger partial charge >= 0.3 is 0 Å². The highest BCUT2D eigenvalue weighted by molar-refractivity contribution is 5.60. The summed E-state index contributed by atoms with van der Waals surface area (Å²) >= 11 is 0. The molecule has 2 rings (SSSR count). The second-order valence-corrected chi connectivity index (χ2v) is 4.61. The van der Waals surface area contributed by atoms with Crippen molar-refractivity contribution in [3.63, 3.8) is 0 Å². The zero-order valence-corrected chi connectivity index (χ0v) is 10.6. The third-order valence-corrected chi connectivity index (χ3v) is 3.15. The number of benzene rings is 1. The standard InChI is InChI=1S/C14H16N4/c1-3-14(2,16)13-17-9-12(18-13)11-6-4-5-10(7-11)8-15/h4-7,9H,3,16H2,1-2H3,(H,17,18). The number of nitriles is 1. The first-order valence-electron chi connectivity index (χ1n) is 5.91. The molecule has 92 valence electrons. The Morgan fingerprint density at radius 1 is 1.50 bits per heavy atom. The minimum Gasteiger partial charge on any atom is -0.340 e. The second-order valence-electron chi connectivity index (χ2n) is 4.61. The van der Waals surface area contributed by atoms with Gasteiger partial charge in [0.25, 0.3) is 0 Å². The predicted molar refractivity (Wildman–Crippen MR) is 70.6 cm³/mol. The molecule has 4 heteroatoms. The Kier molecular flexibility index (Phi) is 3.17. The largest absolute Gasteiger partial charge is 0.340 e. The van der Waals surface area contributed by atoms with Crippen LogP contribution in [0.4, 0.5) is 0 Å². The Balaban J connectivity index is 2.38. The number of hydrogen-bond acceptors (Lipinski definition) is 3. The van der Waals surface area contributed by atoms with E-state index in [2.05, 4.69) is 16.0 Å². The fourth-order valence-corrected chi connectivity index (χ4v) is 1.68. The lowest BCUT2D eigenvalue weighted by Gasteiger charge is -2.19. The minimum absolute atomic E-state index is 0.453. The first-order valence-corrected chi connectivity index (χ1v) is 5.91. The summed E-state index contributed by atoms with van der Waals surface area (Å²) in [4.78, 5) is 7.55. The van der Waals surface area contributed by atoms with Gasteiger partial charge in [-0.15, -0.1) is 0 Å². The molecule has 18 heavy (non-hydrogen) atoms. The van der Waals surface area contributed by atoms with Crippen LogP contribution in [0.1, 0.15) is 31.7 Å². The van der Waals surface area contributed by atoms with E-state index in [0.717, 1.165) is 23.5 Å². The third kappa shape index (κ3) is 2.27. The summed E-state index contributed by atoms with van der Waals surface area (Å²) in [6.07, 6.45) is 2.56. The van der Waals surface area contributed by atoms with Crippen LogP contribution in [0.2, 0.25) is 0 Å². The number of H-pyrrole nitrogens is 1. The molecule has 0 amide bonds. The van der Waals surface area contributed by atoms with E-state index in [0.29, 0.717) is 5.56 Å². The van der Waals surface area contributed by atoms with Gasteiger partial charge < -0.3 is 10.7 Å². The summed E-state index contributed by atoms with van der Waals surface area (Å²) in [5.74, 6) is 0.766. The number of aromatic nitrogens is 2. The van der Waals surface area contributed by atoms with E-state index < -0.39 is 5.54 Å². The Hall–Kier alpha value is -2.12. The average Bonchev–Trinajstić information content (AvgIpc) is 2.89. The molecular formula is C14H16N4. The van der Waals surface area contributed by atoms with Gasteiger partial charge in [-0.25, -0.2) is 4.98 Å². The first kappa shape index (κ1) is 12.3. The van der Waals surface area contributed by atoms with Crippen molar-refractivity contribution in [3.05, 3.63) is 41.9 Å². The van der Waals surface area contributed by atoms with Crippen LogP contribution in [0.5, 0.6) is 0 Å². The number of nitrogens with zero attached hydrogens (tertiary/aromatic N) is 2. The molecule has 0 fully saturated rings. The van der Waals surface area contributed by atoms with Gasteiger partial charge in [-0.2, -0.15) is 5.26 Å². The maximum atomic E-state index is 8.89. The van der Waals surface area contributed by atoms with Gasteiger partial charge in [-0.3, -0.25) is 0 Å². The normalized spacial score (nSPS) is 13.9. The van der Waals surface area contributed by atoms with E-state index in [1.807, 2.05) is 32.0 Å². The molecule has 2 aromatic rings. The maximum Gasteiger partial charge on any atom is 0.126 e. The number of nitrogens with two attached hydrogens (primary N) is 1. The summed E-state index contributed by atoms with van der Waals surface area (Å²) in [5.41, 5.74) is 8.15. The van der Waals surface area contributed by atoms with Crippen molar-refractivity contribution in [1.29, 1.82) is 5.26 Å². The highest BCUT2D eigenvalue weighted by atomic mass is 15.0. The van der Waals surface area contributed by atoms with E-state index in [4.69, 9.17) is 11.0 Å². The molecule has 1 unspecified atom stereocenters. The molecule has 0 aliphatic rings. The maximum absolute atomic E-state index is 8.89. The zero-order chi connectivity index (χ0) is 13.2. The van der Waals surface area contributed by atoms with Crippen LogP contribution >= 0.6 is 0 Å². The molecule has 1 atom stereocenters.